The molecule has 6 nitrogen and oxygen atoms in total. The van der Waals surface area contributed by atoms with E-state index in [1.165, 1.54) is 6.33 Å². The Morgan fingerprint density at radius 2 is 2.27 bits per heavy atom. The third-order valence-electron chi connectivity index (χ3n) is 2.04. The summed E-state index contributed by atoms with van der Waals surface area (Å²) in [6.07, 6.45) is 3.20. The SMILES string of the molecule is Cc1cc(NCc2nncn2C)ncn1. The number of aryl methyl sites for hydroxylation is 2. The summed E-state index contributed by atoms with van der Waals surface area (Å²) < 4.78 is 1.86. The van der Waals surface area contributed by atoms with Gasteiger partial charge >= 0.3 is 0 Å². The maximum Gasteiger partial charge on any atom is 0.151 e. The lowest BCUT2D eigenvalue weighted by Gasteiger charge is -2.04. The highest BCUT2D eigenvalue weighted by Gasteiger charge is 2.00. The number of aromatic nitrogens is 5. The van der Waals surface area contributed by atoms with Gasteiger partial charge in [-0.25, -0.2) is 9.97 Å². The fraction of sp³-hybridized carbons (Fsp3) is 0.333. The zero-order chi connectivity index (χ0) is 10.7. The summed E-state index contributed by atoms with van der Waals surface area (Å²) in [5, 5.41) is 10.9. The molecule has 0 fully saturated rings. The molecule has 0 bridgehead atoms. The highest BCUT2D eigenvalue weighted by molar-refractivity contribution is 5.34. The summed E-state index contributed by atoms with van der Waals surface area (Å²) in [5.41, 5.74) is 0.936. The van der Waals surface area contributed by atoms with Gasteiger partial charge in [0.1, 0.15) is 18.5 Å². The molecule has 0 saturated carbocycles. The molecule has 0 saturated heterocycles. The molecule has 0 unspecified atom stereocenters. The number of hydrogen-bond acceptors (Lipinski definition) is 5. The summed E-state index contributed by atoms with van der Waals surface area (Å²) >= 11 is 0. The average Bonchev–Trinajstić information content (AvgIpc) is 2.61. The van der Waals surface area contributed by atoms with Gasteiger partial charge in [0, 0.05) is 18.8 Å². The molecule has 0 atom stereocenters. The van der Waals surface area contributed by atoms with E-state index in [-0.39, 0.29) is 0 Å². The number of nitrogens with zero attached hydrogens (tertiary/aromatic N) is 5. The first kappa shape index (κ1) is 9.57. The Bertz CT molecular complexity index is 449. The van der Waals surface area contributed by atoms with E-state index in [1.54, 1.807) is 6.33 Å². The standard InChI is InChI=1S/C9H12N6/c1-7-3-8(12-5-11-7)10-4-9-14-13-6-15(9)2/h3,5-6H,4H2,1-2H3,(H,10,11,12). The molecule has 2 aromatic rings. The number of hydrogen-bond donors (Lipinski definition) is 1. The lowest BCUT2D eigenvalue weighted by molar-refractivity contribution is 0.809. The van der Waals surface area contributed by atoms with Gasteiger partial charge in [-0.1, -0.05) is 0 Å². The van der Waals surface area contributed by atoms with Crippen LogP contribution in [0.5, 0.6) is 0 Å². The van der Waals surface area contributed by atoms with Gasteiger partial charge in [-0.05, 0) is 6.92 Å². The van der Waals surface area contributed by atoms with E-state index >= 15 is 0 Å². The van der Waals surface area contributed by atoms with Crippen LogP contribution in [0, 0.1) is 6.92 Å². The van der Waals surface area contributed by atoms with Crippen LogP contribution in [0.1, 0.15) is 11.5 Å². The minimum absolute atomic E-state index is 0.604. The third kappa shape index (κ3) is 2.28. The molecular formula is C9H12N6. The predicted molar refractivity (Wildman–Crippen MR) is 55.1 cm³/mol. The van der Waals surface area contributed by atoms with Crippen molar-refractivity contribution >= 4 is 5.82 Å². The number of anilines is 1. The molecule has 1 N–H and O–H groups in total. The molecule has 0 amide bonds. The van der Waals surface area contributed by atoms with Crippen LogP contribution in [-0.4, -0.2) is 24.7 Å². The Labute approximate surface area is 87.4 Å². The van der Waals surface area contributed by atoms with Crippen molar-refractivity contribution in [3.63, 3.8) is 0 Å². The van der Waals surface area contributed by atoms with Gasteiger partial charge in [-0.2, -0.15) is 0 Å². The summed E-state index contributed by atoms with van der Waals surface area (Å²) in [5.74, 6) is 1.66. The Morgan fingerprint density at radius 3 is 2.93 bits per heavy atom. The van der Waals surface area contributed by atoms with Crippen LogP contribution in [0.3, 0.4) is 0 Å². The fourth-order valence-corrected chi connectivity index (χ4v) is 1.19. The van der Waals surface area contributed by atoms with Crippen LogP contribution >= 0.6 is 0 Å². The minimum atomic E-state index is 0.604. The topological polar surface area (TPSA) is 68.5 Å². The van der Waals surface area contributed by atoms with E-state index in [1.807, 2.05) is 24.6 Å². The Hall–Kier alpha value is -1.98. The second-order valence-corrected chi connectivity index (χ2v) is 3.26. The molecule has 6 heteroatoms. The molecule has 0 aliphatic carbocycles. The highest BCUT2D eigenvalue weighted by atomic mass is 15.3. The summed E-state index contributed by atoms with van der Waals surface area (Å²) in [6.45, 7) is 2.53. The van der Waals surface area contributed by atoms with Gasteiger partial charge in [0.25, 0.3) is 0 Å². The normalized spacial score (nSPS) is 10.3. The second kappa shape index (κ2) is 4.04. The molecule has 0 radical (unpaired) electrons. The van der Waals surface area contributed by atoms with Gasteiger partial charge in [0.15, 0.2) is 5.82 Å². The molecule has 2 rings (SSSR count). The second-order valence-electron chi connectivity index (χ2n) is 3.26. The maximum atomic E-state index is 4.09. The first-order valence-electron chi connectivity index (χ1n) is 4.61. The van der Waals surface area contributed by atoms with Crippen molar-refractivity contribution in [3.05, 3.63) is 30.2 Å². The zero-order valence-electron chi connectivity index (χ0n) is 8.68. The summed E-state index contributed by atoms with van der Waals surface area (Å²) in [6, 6.07) is 1.89. The third-order valence-corrected chi connectivity index (χ3v) is 2.04. The Kier molecular flexibility index (Phi) is 2.57. The number of rotatable bonds is 3. The van der Waals surface area contributed by atoms with Gasteiger partial charge < -0.3 is 9.88 Å². The van der Waals surface area contributed by atoms with Crippen LogP contribution in [-0.2, 0) is 13.6 Å². The molecule has 0 aliphatic rings. The van der Waals surface area contributed by atoms with Crippen molar-refractivity contribution < 1.29 is 0 Å². The van der Waals surface area contributed by atoms with E-state index in [0.717, 1.165) is 17.3 Å². The van der Waals surface area contributed by atoms with Crippen LogP contribution in [0.2, 0.25) is 0 Å². The van der Waals surface area contributed by atoms with E-state index in [9.17, 15) is 0 Å². The van der Waals surface area contributed by atoms with Crippen LogP contribution in [0.4, 0.5) is 5.82 Å². The lowest BCUT2D eigenvalue weighted by atomic mass is 10.4. The smallest absolute Gasteiger partial charge is 0.151 e. The molecule has 0 spiro atoms. The Balaban J connectivity index is 2.02. The molecule has 78 valence electrons. The molecule has 2 aromatic heterocycles. The van der Waals surface area contributed by atoms with Gasteiger partial charge in [0.05, 0.1) is 6.54 Å². The van der Waals surface area contributed by atoms with Gasteiger partial charge in [0.2, 0.25) is 0 Å². The van der Waals surface area contributed by atoms with Crippen LogP contribution < -0.4 is 5.32 Å². The zero-order valence-corrected chi connectivity index (χ0v) is 8.68. The monoisotopic (exact) mass is 204 g/mol. The van der Waals surface area contributed by atoms with Gasteiger partial charge in [-0.3, -0.25) is 0 Å². The average molecular weight is 204 g/mol. The molecule has 2 heterocycles. The molecule has 0 aromatic carbocycles. The van der Waals surface area contributed by atoms with Crippen molar-refractivity contribution in [2.75, 3.05) is 5.32 Å². The van der Waals surface area contributed by atoms with Crippen molar-refractivity contribution in [3.8, 4) is 0 Å². The lowest BCUT2D eigenvalue weighted by Crippen LogP contribution is -2.07. The predicted octanol–water partition coefficient (Wildman–Crippen LogP) is 0.526. The van der Waals surface area contributed by atoms with Gasteiger partial charge in [-0.15, -0.1) is 10.2 Å². The van der Waals surface area contributed by atoms with E-state index in [4.69, 9.17) is 0 Å². The largest absolute Gasteiger partial charge is 0.363 e. The highest BCUT2D eigenvalue weighted by Crippen LogP contribution is 2.04. The summed E-state index contributed by atoms with van der Waals surface area (Å²) in [4.78, 5) is 8.11. The maximum absolute atomic E-state index is 4.09. The minimum Gasteiger partial charge on any atom is -0.363 e. The van der Waals surface area contributed by atoms with Crippen LogP contribution in [0.25, 0.3) is 0 Å². The van der Waals surface area contributed by atoms with Crippen molar-refractivity contribution in [2.24, 2.45) is 7.05 Å². The van der Waals surface area contributed by atoms with E-state index in [0.29, 0.717) is 6.54 Å². The van der Waals surface area contributed by atoms with Crippen molar-refractivity contribution in [2.45, 2.75) is 13.5 Å². The quantitative estimate of drug-likeness (QED) is 0.789. The Morgan fingerprint density at radius 1 is 1.40 bits per heavy atom. The van der Waals surface area contributed by atoms with E-state index < -0.39 is 0 Å². The molecule has 0 aliphatic heterocycles. The molecular weight excluding hydrogens is 192 g/mol. The van der Waals surface area contributed by atoms with Crippen molar-refractivity contribution in [1.29, 1.82) is 0 Å². The summed E-state index contributed by atoms with van der Waals surface area (Å²) in [7, 11) is 1.91. The van der Waals surface area contributed by atoms with E-state index in [2.05, 4.69) is 25.5 Å². The first-order chi connectivity index (χ1) is 7.25. The van der Waals surface area contributed by atoms with Crippen molar-refractivity contribution in [1.82, 2.24) is 24.7 Å². The van der Waals surface area contributed by atoms with Crippen LogP contribution in [0.15, 0.2) is 18.7 Å². The number of nitrogens with one attached hydrogen (secondary N) is 1. The first-order valence-corrected chi connectivity index (χ1v) is 4.61. The fourth-order valence-electron chi connectivity index (χ4n) is 1.19. The molecule has 15 heavy (non-hydrogen) atoms.